The number of halogens is 1. The first-order valence-corrected chi connectivity index (χ1v) is 11.5. The molecule has 5 nitrogen and oxygen atoms in total. The van der Waals surface area contributed by atoms with Crippen LogP contribution >= 0.6 is 11.6 Å². The zero-order valence-corrected chi connectivity index (χ0v) is 18.0. The zero-order valence-electron chi connectivity index (χ0n) is 17.3. The van der Waals surface area contributed by atoms with Crippen LogP contribution in [0.2, 0.25) is 5.02 Å². The highest BCUT2D eigenvalue weighted by atomic mass is 35.5. The smallest absolute Gasteiger partial charge is 0.319 e. The molecule has 0 bridgehead atoms. The van der Waals surface area contributed by atoms with E-state index in [0.717, 1.165) is 63.6 Å². The van der Waals surface area contributed by atoms with Gasteiger partial charge < -0.3 is 15.5 Å². The molecule has 1 aromatic carbocycles. The highest BCUT2D eigenvalue weighted by Gasteiger charge is 2.55. The van der Waals surface area contributed by atoms with Crippen LogP contribution in [0, 0.1) is 11.8 Å². The molecule has 6 heteroatoms. The number of amides is 3. The van der Waals surface area contributed by atoms with Crippen molar-refractivity contribution in [1.29, 1.82) is 0 Å². The van der Waals surface area contributed by atoms with E-state index in [0.29, 0.717) is 29.2 Å². The highest BCUT2D eigenvalue weighted by molar-refractivity contribution is 6.30. The van der Waals surface area contributed by atoms with Gasteiger partial charge in [-0.1, -0.05) is 24.9 Å². The fraction of sp³-hybridized carbons (Fsp3) is 0.652. The van der Waals surface area contributed by atoms with Crippen LogP contribution in [0.4, 0.5) is 10.5 Å². The number of carbonyl (C=O) groups is 2. The second kappa shape index (κ2) is 8.55. The van der Waals surface area contributed by atoms with Crippen LogP contribution in [0.5, 0.6) is 0 Å². The summed E-state index contributed by atoms with van der Waals surface area (Å²) in [5, 5.41) is 6.87. The van der Waals surface area contributed by atoms with Gasteiger partial charge in [0.25, 0.3) is 0 Å². The molecule has 4 atom stereocenters. The summed E-state index contributed by atoms with van der Waals surface area (Å²) in [4.78, 5) is 27.7. The Morgan fingerprint density at radius 1 is 1.21 bits per heavy atom. The Morgan fingerprint density at radius 3 is 2.76 bits per heavy atom. The van der Waals surface area contributed by atoms with E-state index in [2.05, 4.69) is 22.5 Å². The lowest BCUT2D eigenvalue weighted by Crippen LogP contribution is -2.60. The summed E-state index contributed by atoms with van der Waals surface area (Å²) >= 11 is 5.93. The van der Waals surface area contributed by atoms with Gasteiger partial charge in [0.05, 0.1) is 0 Å². The Kier molecular flexibility index (Phi) is 6.05. The maximum atomic E-state index is 12.7. The predicted molar refractivity (Wildman–Crippen MR) is 116 cm³/mol. The van der Waals surface area contributed by atoms with Crippen LogP contribution in [0.25, 0.3) is 0 Å². The molecule has 2 saturated heterocycles. The van der Waals surface area contributed by atoms with Gasteiger partial charge in [0.2, 0.25) is 5.91 Å². The van der Waals surface area contributed by atoms with E-state index in [1.54, 1.807) is 12.1 Å². The first-order chi connectivity index (χ1) is 14.0. The minimum atomic E-state index is -0.151. The van der Waals surface area contributed by atoms with Gasteiger partial charge in [-0.15, -0.1) is 0 Å². The second-order valence-corrected chi connectivity index (χ2v) is 9.39. The molecule has 0 radical (unpaired) electrons. The largest absolute Gasteiger partial charge is 0.337 e. The summed E-state index contributed by atoms with van der Waals surface area (Å²) in [7, 11) is 0. The van der Waals surface area contributed by atoms with Gasteiger partial charge >= 0.3 is 6.03 Å². The van der Waals surface area contributed by atoms with Gasteiger partial charge in [-0.3, -0.25) is 4.79 Å². The van der Waals surface area contributed by atoms with Crippen molar-refractivity contribution in [2.75, 3.05) is 11.9 Å². The summed E-state index contributed by atoms with van der Waals surface area (Å²) in [6.07, 6.45) is 9.17. The van der Waals surface area contributed by atoms with E-state index < -0.39 is 0 Å². The van der Waals surface area contributed by atoms with Crippen molar-refractivity contribution in [2.24, 2.45) is 11.8 Å². The number of hydrogen-bond donors (Lipinski definition) is 2. The zero-order chi connectivity index (χ0) is 20.4. The minimum Gasteiger partial charge on any atom is -0.337 e. The van der Waals surface area contributed by atoms with Crippen molar-refractivity contribution in [2.45, 2.75) is 76.3 Å². The first kappa shape index (κ1) is 20.5. The number of urea groups is 1. The molecule has 1 aromatic rings. The molecule has 2 aliphatic heterocycles. The lowest BCUT2D eigenvalue weighted by molar-refractivity contribution is -0.138. The van der Waals surface area contributed by atoms with Crippen molar-refractivity contribution in [3.8, 4) is 0 Å². The average molecular weight is 418 g/mol. The third kappa shape index (κ3) is 3.98. The predicted octanol–water partition coefficient (Wildman–Crippen LogP) is 5.20. The van der Waals surface area contributed by atoms with Gasteiger partial charge in [-0.25, -0.2) is 4.79 Å². The first-order valence-electron chi connectivity index (χ1n) is 11.2. The summed E-state index contributed by atoms with van der Waals surface area (Å²) < 4.78 is 0. The standard InChI is InChI=1S/C23H32ClN3O2/c1-2-5-18-19-6-3-7-21(28)27-15-4-13-23(19,27)14-12-20(18)26-22(29)25-17-10-8-16(24)9-11-17/h8-11,18-20H,2-7,12-15H2,1H3,(H2,25,26,29)/t18-,19+,20+,23-/m1/s1. The Labute approximate surface area is 178 Å². The fourth-order valence-corrected chi connectivity index (χ4v) is 6.40. The van der Waals surface area contributed by atoms with Crippen LogP contribution in [0.3, 0.4) is 0 Å². The lowest BCUT2D eigenvalue weighted by atomic mass is 9.61. The van der Waals surface area contributed by atoms with Crippen molar-refractivity contribution < 1.29 is 9.59 Å². The number of rotatable bonds is 4. The molecule has 1 aliphatic carbocycles. The quantitative estimate of drug-likeness (QED) is 0.707. The number of nitrogens with zero attached hydrogens (tertiary/aromatic N) is 1. The Bertz CT molecular complexity index is 753. The topological polar surface area (TPSA) is 61.4 Å². The third-order valence-electron chi connectivity index (χ3n) is 7.39. The van der Waals surface area contributed by atoms with Gasteiger partial charge in [-0.05, 0) is 81.0 Å². The maximum Gasteiger partial charge on any atom is 0.319 e. The summed E-state index contributed by atoms with van der Waals surface area (Å²) in [5.41, 5.74) is 0.784. The van der Waals surface area contributed by atoms with Gasteiger partial charge in [0.1, 0.15) is 0 Å². The number of benzene rings is 1. The van der Waals surface area contributed by atoms with Crippen molar-refractivity contribution in [1.82, 2.24) is 10.2 Å². The summed E-state index contributed by atoms with van der Waals surface area (Å²) in [6, 6.07) is 7.19. The Hall–Kier alpha value is -1.75. The summed E-state index contributed by atoms with van der Waals surface area (Å²) in [6.45, 7) is 3.14. The van der Waals surface area contributed by atoms with Crippen LogP contribution in [0.1, 0.15) is 64.7 Å². The van der Waals surface area contributed by atoms with Gasteiger partial charge in [-0.2, -0.15) is 0 Å². The van der Waals surface area contributed by atoms with E-state index >= 15 is 0 Å². The van der Waals surface area contributed by atoms with Crippen LogP contribution < -0.4 is 10.6 Å². The molecule has 3 aliphatic rings. The van der Waals surface area contributed by atoms with E-state index in [1.807, 2.05) is 12.1 Å². The van der Waals surface area contributed by atoms with E-state index in [-0.39, 0.29) is 17.6 Å². The highest BCUT2D eigenvalue weighted by Crippen LogP contribution is 2.52. The molecule has 1 spiro atoms. The normalized spacial score (nSPS) is 31.6. The van der Waals surface area contributed by atoms with Crippen molar-refractivity contribution in [3.05, 3.63) is 29.3 Å². The number of nitrogens with one attached hydrogen (secondary N) is 2. The molecule has 2 heterocycles. The third-order valence-corrected chi connectivity index (χ3v) is 7.64. The molecule has 3 fully saturated rings. The maximum absolute atomic E-state index is 12.7. The molecule has 3 amide bonds. The average Bonchev–Trinajstić information content (AvgIpc) is 3.07. The van der Waals surface area contributed by atoms with E-state index in [9.17, 15) is 9.59 Å². The SMILES string of the molecule is CCC[C@H]1[C@@H](NC(=O)Nc2ccc(Cl)cc2)CC[C@@]23CCCN2C(=O)CCC[C@@H]13. The molecule has 4 rings (SSSR count). The molecule has 2 N–H and O–H groups in total. The molecule has 1 saturated carbocycles. The monoisotopic (exact) mass is 417 g/mol. The van der Waals surface area contributed by atoms with Crippen LogP contribution in [-0.2, 0) is 4.79 Å². The Balaban J connectivity index is 1.50. The molecule has 29 heavy (non-hydrogen) atoms. The molecule has 0 unspecified atom stereocenters. The van der Waals surface area contributed by atoms with Crippen molar-refractivity contribution in [3.63, 3.8) is 0 Å². The Morgan fingerprint density at radius 2 is 2.00 bits per heavy atom. The molecule has 0 aromatic heterocycles. The van der Waals surface area contributed by atoms with Crippen LogP contribution in [-0.4, -0.2) is 35.0 Å². The van der Waals surface area contributed by atoms with Gasteiger partial charge in [0, 0.05) is 35.3 Å². The summed E-state index contributed by atoms with van der Waals surface area (Å²) in [5.74, 6) is 1.27. The number of anilines is 1. The second-order valence-electron chi connectivity index (χ2n) is 8.95. The van der Waals surface area contributed by atoms with Crippen molar-refractivity contribution >= 4 is 29.2 Å². The lowest BCUT2D eigenvalue weighted by Gasteiger charge is -2.53. The fourth-order valence-electron chi connectivity index (χ4n) is 6.28. The van der Waals surface area contributed by atoms with E-state index in [1.165, 1.54) is 0 Å². The number of carbonyl (C=O) groups excluding carboxylic acids is 2. The van der Waals surface area contributed by atoms with E-state index in [4.69, 9.17) is 11.6 Å². The molecular formula is C23H32ClN3O2. The molecular weight excluding hydrogens is 386 g/mol. The molecule has 158 valence electrons. The number of hydrogen-bond acceptors (Lipinski definition) is 2. The van der Waals surface area contributed by atoms with Gasteiger partial charge in [0.15, 0.2) is 0 Å². The minimum absolute atomic E-state index is 0.0399. The van der Waals surface area contributed by atoms with Crippen LogP contribution in [0.15, 0.2) is 24.3 Å².